The second-order valence-corrected chi connectivity index (χ2v) is 5.74. The Labute approximate surface area is 149 Å². The topological polar surface area (TPSA) is 68.6 Å². The normalized spacial score (nSPS) is 10.8. The van der Waals surface area contributed by atoms with Crippen LogP contribution in [0.25, 0.3) is 22.6 Å². The number of halogens is 1. The molecule has 6 nitrogen and oxygen atoms in total. The maximum Gasteiger partial charge on any atom is 0.213 e. The van der Waals surface area contributed by atoms with E-state index in [0.717, 1.165) is 28.2 Å². The Morgan fingerprint density at radius 1 is 1.08 bits per heavy atom. The number of nitrogens with one attached hydrogen (secondary N) is 1. The maximum atomic E-state index is 13.2. The van der Waals surface area contributed by atoms with E-state index in [4.69, 9.17) is 4.74 Å². The van der Waals surface area contributed by atoms with Crippen molar-refractivity contribution in [1.82, 2.24) is 24.7 Å². The first-order chi connectivity index (χ1) is 12.7. The minimum absolute atomic E-state index is 0.265. The number of pyridine rings is 1. The molecule has 0 aliphatic carbocycles. The monoisotopic (exact) mass is 349 g/mol. The number of rotatable bonds is 5. The molecule has 3 heterocycles. The minimum Gasteiger partial charge on any atom is -0.481 e. The molecule has 26 heavy (non-hydrogen) atoms. The Morgan fingerprint density at radius 3 is 2.73 bits per heavy atom. The molecule has 3 aromatic heterocycles. The SMILES string of the molecule is COc1cc(-c2nccn2Cc2cn[nH]c2-c2ccc(F)cc2)ccn1. The second-order valence-electron chi connectivity index (χ2n) is 5.74. The number of benzene rings is 1. The summed E-state index contributed by atoms with van der Waals surface area (Å²) in [5, 5.41) is 7.14. The van der Waals surface area contributed by atoms with E-state index in [0.29, 0.717) is 12.4 Å². The molecule has 0 aliphatic heterocycles. The van der Waals surface area contributed by atoms with Gasteiger partial charge in [0, 0.05) is 41.3 Å². The fourth-order valence-corrected chi connectivity index (χ4v) is 2.84. The molecule has 0 spiro atoms. The zero-order valence-corrected chi connectivity index (χ0v) is 14.1. The van der Waals surface area contributed by atoms with Crippen LogP contribution >= 0.6 is 0 Å². The summed E-state index contributed by atoms with van der Waals surface area (Å²) >= 11 is 0. The third-order valence-electron chi connectivity index (χ3n) is 4.11. The summed E-state index contributed by atoms with van der Waals surface area (Å²) in [7, 11) is 1.58. The molecule has 0 aliphatic rings. The second kappa shape index (κ2) is 6.79. The van der Waals surface area contributed by atoms with Crippen LogP contribution in [0, 0.1) is 5.82 Å². The first-order valence-electron chi connectivity index (χ1n) is 8.04. The average molecular weight is 349 g/mol. The highest BCUT2D eigenvalue weighted by Crippen LogP contribution is 2.25. The molecule has 4 rings (SSSR count). The van der Waals surface area contributed by atoms with Crippen molar-refractivity contribution in [2.75, 3.05) is 7.11 Å². The first kappa shape index (κ1) is 16.0. The van der Waals surface area contributed by atoms with E-state index in [9.17, 15) is 4.39 Å². The van der Waals surface area contributed by atoms with Crippen molar-refractivity contribution < 1.29 is 9.13 Å². The highest BCUT2D eigenvalue weighted by molar-refractivity contribution is 5.63. The molecule has 0 amide bonds. The van der Waals surface area contributed by atoms with E-state index in [2.05, 4.69) is 20.2 Å². The molecule has 0 radical (unpaired) electrons. The summed E-state index contributed by atoms with van der Waals surface area (Å²) in [4.78, 5) is 8.58. The van der Waals surface area contributed by atoms with Gasteiger partial charge in [0.1, 0.15) is 11.6 Å². The summed E-state index contributed by atoms with van der Waals surface area (Å²) in [6.07, 6.45) is 7.12. The van der Waals surface area contributed by atoms with Gasteiger partial charge >= 0.3 is 0 Å². The predicted octanol–water partition coefficient (Wildman–Crippen LogP) is 3.53. The lowest BCUT2D eigenvalue weighted by molar-refractivity contribution is 0.398. The molecule has 0 saturated carbocycles. The van der Waals surface area contributed by atoms with Gasteiger partial charge in [0.05, 0.1) is 25.5 Å². The third-order valence-corrected chi connectivity index (χ3v) is 4.11. The summed E-state index contributed by atoms with van der Waals surface area (Å²) in [5.41, 5.74) is 3.63. The molecule has 1 aromatic carbocycles. The van der Waals surface area contributed by atoms with E-state index >= 15 is 0 Å². The number of ether oxygens (including phenoxy) is 1. The van der Waals surface area contributed by atoms with Crippen LogP contribution in [0.3, 0.4) is 0 Å². The summed E-state index contributed by atoms with van der Waals surface area (Å²) < 4.78 is 20.4. The van der Waals surface area contributed by atoms with E-state index in [1.165, 1.54) is 12.1 Å². The number of aromatic nitrogens is 5. The molecule has 0 bridgehead atoms. The lowest BCUT2D eigenvalue weighted by atomic mass is 10.1. The minimum atomic E-state index is -0.265. The number of nitrogens with zero attached hydrogens (tertiary/aromatic N) is 4. The van der Waals surface area contributed by atoms with Crippen LogP contribution in [-0.4, -0.2) is 31.8 Å². The Kier molecular flexibility index (Phi) is 4.18. The van der Waals surface area contributed by atoms with Crippen molar-refractivity contribution in [2.24, 2.45) is 0 Å². The molecule has 1 N–H and O–H groups in total. The lowest BCUT2D eigenvalue weighted by Crippen LogP contribution is -2.02. The van der Waals surface area contributed by atoms with Crippen LogP contribution in [0.4, 0.5) is 4.39 Å². The fourth-order valence-electron chi connectivity index (χ4n) is 2.84. The highest BCUT2D eigenvalue weighted by atomic mass is 19.1. The van der Waals surface area contributed by atoms with Crippen LogP contribution in [0.2, 0.25) is 0 Å². The van der Waals surface area contributed by atoms with Gasteiger partial charge in [0.25, 0.3) is 0 Å². The van der Waals surface area contributed by atoms with Crippen molar-refractivity contribution in [2.45, 2.75) is 6.54 Å². The molecular formula is C19H16FN5O. The molecule has 4 aromatic rings. The zero-order chi connectivity index (χ0) is 17.9. The van der Waals surface area contributed by atoms with E-state index in [1.807, 2.05) is 22.9 Å². The lowest BCUT2D eigenvalue weighted by Gasteiger charge is -2.09. The highest BCUT2D eigenvalue weighted by Gasteiger charge is 2.12. The molecule has 7 heteroatoms. The Balaban J connectivity index is 1.67. The number of hydrogen-bond acceptors (Lipinski definition) is 4. The van der Waals surface area contributed by atoms with Crippen molar-refractivity contribution in [1.29, 1.82) is 0 Å². The standard InChI is InChI=1S/C19H16FN5O/c1-26-17-10-14(6-7-21-17)19-22-8-9-25(19)12-15-11-23-24-18(15)13-2-4-16(20)5-3-13/h2-11H,12H2,1H3,(H,23,24). The fraction of sp³-hybridized carbons (Fsp3) is 0.105. The maximum absolute atomic E-state index is 13.2. The van der Waals surface area contributed by atoms with Crippen molar-refractivity contribution in [3.8, 4) is 28.5 Å². The largest absolute Gasteiger partial charge is 0.481 e. The summed E-state index contributed by atoms with van der Waals surface area (Å²) in [5.74, 6) is 1.07. The van der Waals surface area contributed by atoms with Gasteiger partial charge in [-0.25, -0.2) is 14.4 Å². The number of methoxy groups -OCH3 is 1. The van der Waals surface area contributed by atoms with Gasteiger partial charge in [-0.2, -0.15) is 5.10 Å². The van der Waals surface area contributed by atoms with Gasteiger partial charge in [-0.1, -0.05) is 0 Å². The van der Waals surface area contributed by atoms with Crippen LogP contribution in [-0.2, 0) is 6.54 Å². The van der Waals surface area contributed by atoms with E-state index in [1.54, 1.807) is 37.8 Å². The number of imidazole rings is 1. The van der Waals surface area contributed by atoms with Gasteiger partial charge in [-0.3, -0.25) is 5.10 Å². The van der Waals surface area contributed by atoms with E-state index in [-0.39, 0.29) is 5.82 Å². The van der Waals surface area contributed by atoms with Gasteiger partial charge in [-0.15, -0.1) is 0 Å². The zero-order valence-electron chi connectivity index (χ0n) is 14.1. The molecule has 0 saturated heterocycles. The molecular weight excluding hydrogens is 333 g/mol. The summed E-state index contributed by atoms with van der Waals surface area (Å²) in [6, 6.07) is 10.1. The summed E-state index contributed by atoms with van der Waals surface area (Å²) in [6.45, 7) is 0.573. The Morgan fingerprint density at radius 2 is 1.92 bits per heavy atom. The molecule has 0 fully saturated rings. The van der Waals surface area contributed by atoms with Crippen LogP contribution in [0.15, 0.2) is 61.2 Å². The third kappa shape index (κ3) is 3.06. The number of hydrogen-bond donors (Lipinski definition) is 1. The van der Waals surface area contributed by atoms with Crippen molar-refractivity contribution >= 4 is 0 Å². The number of aromatic amines is 1. The molecule has 0 unspecified atom stereocenters. The van der Waals surface area contributed by atoms with Gasteiger partial charge in [0.15, 0.2) is 0 Å². The van der Waals surface area contributed by atoms with Gasteiger partial charge in [-0.05, 0) is 30.3 Å². The van der Waals surface area contributed by atoms with Crippen LogP contribution in [0.1, 0.15) is 5.56 Å². The van der Waals surface area contributed by atoms with Crippen molar-refractivity contribution in [3.05, 3.63) is 72.6 Å². The van der Waals surface area contributed by atoms with Crippen LogP contribution in [0.5, 0.6) is 5.88 Å². The molecule has 0 atom stereocenters. The van der Waals surface area contributed by atoms with Gasteiger partial charge in [0.2, 0.25) is 5.88 Å². The average Bonchev–Trinajstić information content (AvgIpc) is 3.32. The smallest absolute Gasteiger partial charge is 0.213 e. The Bertz CT molecular complexity index is 1020. The first-order valence-corrected chi connectivity index (χ1v) is 8.04. The Hall–Kier alpha value is -3.48. The quantitative estimate of drug-likeness (QED) is 0.598. The van der Waals surface area contributed by atoms with Crippen molar-refractivity contribution in [3.63, 3.8) is 0 Å². The number of H-pyrrole nitrogens is 1. The van der Waals surface area contributed by atoms with E-state index < -0.39 is 0 Å². The van der Waals surface area contributed by atoms with Gasteiger partial charge < -0.3 is 9.30 Å². The van der Waals surface area contributed by atoms with Crippen LogP contribution < -0.4 is 4.74 Å². The predicted molar refractivity (Wildman–Crippen MR) is 95.1 cm³/mol. The molecule has 130 valence electrons.